The Morgan fingerprint density at radius 3 is 2.40 bits per heavy atom. The maximum Gasteiger partial charge on any atom is 0.254 e. The van der Waals surface area contributed by atoms with Crippen LogP contribution in [0.5, 0.6) is 0 Å². The molecule has 2 heterocycles. The van der Waals surface area contributed by atoms with Crippen LogP contribution in [0.25, 0.3) is 0 Å². The van der Waals surface area contributed by atoms with Gasteiger partial charge >= 0.3 is 0 Å². The predicted molar refractivity (Wildman–Crippen MR) is 103 cm³/mol. The molecule has 0 aromatic heterocycles. The number of hydrogen-bond acceptors (Lipinski definition) is 3. The molecule has 0 radical (unpaired) electrons. The molecule has 4 nitrogen and oxygen atoms in total. The van der Waals surface area contributed by atoms with Crippen molar-refractivity contribution in [2.75, 3.05) is 30.4 Å². The molecular formula is C21H25N3O. The van der Waals surface area contributed by atoms with Gasteiger partial charge in [0.2, 0.25) is 0 Å². The van der Waals surface area contributed by atoms with Crippen molar-refractivity contribution < 1.29 is 4.79 Å². The van der Waals surface area contributed by atoms with Gasteiger partial charge in [-0.2, -0.15) is 0 Å². The lowest BCUT2D eigenvalue weighted by atomic mass is 9.99. The van der Waals surface area contributed by atoms with Crippen molar-refractivity contribution in [2.24, 2.45) is 5.92 Å². The molecule has 0 bridgehead atoms. The summed E-state index contributed by atoms with van der Waals surface area (Å²) in [5.41, 5.74) is 5.33. The van der Waals surface area contributed by atoms with Crippen LogP contribution >= 0.6 is 0 Å². The molecule has 0 unspecified atom stereocenters. The first-order valence-electron chi connectivity index (χ1n) is 9.10. The van der Waals surface area contributed by atoms with Crippen LogP contribution < -0.4 is 10.2 Å². The fourth-order valence-electron chi connectivity index (χ4n) is 3.73. The number of benzene rings is 2. The molecule has 1 N–H and O–H groups in total. The molecule has 1 saturated heterocycles. The highest BCUT2D eigenvalue weighted by molar-refractivity contribution is 5.98. The molecule has 2 aliphatic rings. The third kappa shape index (κ3) is 3.21. The zero-order chi connectivity index (χ0) is 17.4. The van der Waals surface area contributed by atoms with Gasteiger partial charge in [-0.05, 0) is 66.8 Å². The van der Waals surface area contributed by atoms with E-state index in [0.29, 0.717) is 6.54 Å². The summed E-state index contributed by atoms with van der Waals surface area (Å²) in [6.45, 7) is 5.34. The minimum Gasteiger partial charge on any atom is -0.372 e. The highest BCUT2D eigenvalue weighted by Gasteiger charge is 2.24. The first-order chi connectivity index (χ1) is 12.1. The van der Waals surface area contributed by atoms with E-state index >= 15 is 0 Å². The number of hydrogen-bond donors (Lipinski definition) is 1. The summed E-state index contributed by atoms with van der Waals surface area (Å²) in [5.74, 6) is 0.963. The normalized spacial score (nSPS) is 17.8. The minimum atomic E-state index is 0.113. The monoisotopic (exact) mass is 335 g/mol. The summed E-state index contributed by atoms with van der Waals surface area (Å²) in [4.78, 5) is 16.2. The standard InChI is InChI=1S/C21H25N3O/c1-15-9-11-24(12-10-15)19-6-3-17(4-7-19)22-18-5-8-20-16(13-18)14-23(2)21(20)25/h3-8,13,15,22H,9-12,14H2,1-2H3. The molecule has 0 saturated carbocycles. The van der Waals surface area contributed by atoms with E-state index in [1.54, 1.807) is 4.90 Å². The molecule has 0 aliphatic carbocycles. The number of rotatable bonds is 3. The van der Waals surface area contributed by atoms with Gasteiger partial charge in [0.15, 0.2) is 0 Å². The van der Waals surface area contributed by atoms with E-state index in [1.807, 2.05) is 19.2 Å². The van der Waals surface area contributed by atoms with Gasteiger partial charge in [0, 0.05) is 49.3 Å². The second-order valence-electron chi connectivity index (χ2n) is 7.37. The van der Waals surface area contributed by atoms with Crippen molar-refractivity contribution in [3.8, 4) is 0 Å². The largest absolute Gasteiger partial charge is 0.372 e. The van der Waals surface area contributed by atoms with Crippen molar-refractivity contribution in [1.82, 2.24) is 4.90 Å². The summed E-state index contributed by atoms with van der Waals surface area (Å²) in [7, 11) is 1.84. The number of fused-ring (bicyclic) bond motifs is 1. The number of carbonyl (C=O) groups excluding carboxylic acids is 1. The van der Waals surface area contributed by atoms with Crippen LogP contribution in [0, 0.1) is 5.92 Å². The third-order valence-corrected chi connectivity index (χ3v) is 5.39. The molecule has 0 atom stereocenters. The average molecular weight is 335 g/mol. The Labute approximate surface area is 149 Å². The van der Waals surface area contributed by atoms with E-state index < -0.39 is 0 Å². The first-order valence-corrected chi connectivity index (χ1v) is 9.10. The van der Waals surface area contributed by atoms with E-state index in [2.05, 4.69) is 47.5 Å². The van der Waals surface area contributed by atoms with Gasteiger partial charge in [-0.3, -0.25) is 4.79 Å². The number of amides is 1. The molecule has 2 aromatic rings. The van der Waals surface area contributed by atoms with Gasteiger partial charge in [-0.25, -0.2) is 0 Å². The molecule has 0 spiro atoms. The lowest BCUT2D eigenvalue weighted by molar-refractivity contribution is 0.0816. The molecule has 4 rings (SSSR count). The lowest BCUT2D eigenvalue weighted by Crippen LogP contribution is -2.32. The van der Waals surface area contributed by atoms with E-state index in [0.717, 1.165) is 41.5 Å². The van der Waals surface area contributed by atoms with E-state index in [-0.39, 0.29) is 5.91 Å². The van der Waals surface area contributed by atoms with E-state index in [4.69, 9.17) is 0 Å². The Kier molecular flexibility index (Phi) is 4.12. The summed E-state index contributed by atoms with van der Waals surface area (Å²) in [6.07, 6.45) is 2.56. The molecule has 1 fully saturated rings. The van der Waals surface area contributed by atoms with E-state index in [1.165, 1.54) is 18.5 Å². The highest BCUT2D eigenvalue weighted by Crippen LogP contribution is 2.28. The molecule has 4 heteroatoms. The number of anilines is 3. The van der Waals surface area contributed by atoms with E-state index in [9.17, 15) is 4.79 Å². The first kappa shape index (κ1) is 16.0. The number of nitrogens with one attached hydrogen (secondary N) is 1. The summed E-state index contributed by atoms with van der Waals surface area (Å²) >= 11 is 0. The lowest BCUT2D eigenvalue weighted by Gasteiger charge is -2.32. The van der Waals surface area contributed by atoms with Crippen molar-refractivity contribution in [3.63, 3.8) is 0 Å². The number of piperidine rings is 1. The Bertz CT molecular complexity index is 776. The molecule has 25 heavy (non-hydrogen) atoms. The van der Waals surface area contributed by atoms with Gasteiger partial charge in [0.1, 0.15) is 0 Å². The Hall–Kier alpha value is -2.49. The van der Waals surface area contributed by atoms with Crippen LogP contribution in [0.1, 0.15) is 35.7 Å². The summed E-state index contributed by atoms with van der Waals surface area (Å²) in [5, 5.41) is 3.45. The van der Waals surface area contributed by atoms with Gasteiger partial charge < -0.3 is 15.1 Å². The van der Waals surface area contributed by atoms with Crippen molar-refractivity contribution >= 4 is 23.0 Å². The zero-order valence-corrected chi connectivity index (χ0v) is 15.0. The van der Waals surface area contributed by atoms with Crippen LogP contribution in [-0.4, -0.2) is 30.9 Å². The molecule has 2 aromatic carbocycles. The molecule has 1 amide bonds. The van der Waals surface area contributed by atoms with Crippen molar-refractivity contribution in [1.29, 1.82) is 0 Å². The van der Waals surface area contributed by atoms with Crippen LogP contribution in [0.15, 0.2) is 42.5 Å². The van der Waals surface area contributed by atoms with Crippen LogP contribution in [0.3, 0.4) is 0 Å². The van der Waals surface area contributed by atoms with Crippen LogP contribution in [0.4, 0.5) is 17.1 Å². The average Bonchev–Trinajstić information content (AvgIpc) is 2.90. The molecule has 2 aliphatic heterocycles. The third-order valence-electron chi connectivity index (χ3n) is 5.39. The Morgan fingerprint density at radius 2 is 1.68 bits per heavy atom. The van der Waals surface area contributed by atoms with Gasteiger partial charge in [0.25, 0.3) is 5.91 Å². The predicted octanol–water partition coefficient (Wildman–Crippen LogP) is 4.25. The van der Waals surface area contributed by atoms with Gasteiger partial charge in [0.05, 0.1) is 0 Å². The van der Waals surface area contributed by atoms with Crippen molar-refractivity contribution in [3.05, 3.63) is 53.6 Å². The summed E-state index contributed by atoms with van der Waals surface area (Å²) < 4.78 is 0. The topological polar surface area (TPSA) is 35.6 Å². The number of carbonyl (C=O) groups is 1. The van der Waals surface area contributed by atoms with Crippen LogP contribution in [-0.2, 0) is 6.54 Å². The van der Waals surface area contributed by atoms with Crippen LogP contribution in [0.2, 0.25) is 0 Å². The second-order valence-corrected chi connectivity index (χ2v) is 7.37. The maximum absolute atomic E-state index is 12.0. The SMILES string of the molecule is CC1CCN(c2ccc(Nc3ccc4c(c3)CN(C)C4=O)cc2)CC1. The quantitative estimate of drug-likeness (QED) is 0.911. The molecule has 130 valence electrons. The zero-order valence-electron chi connectivity index (χ0n) is 15.0. The number of nitrogens with zero attached hydrogens (tertiary/aromatic N) is 2. The fraction of sp³-hybridized carbons (Fsp3) is 0.381. The molecular weight excluding hydrogens is 310 g/mol. The smallest absolute Gasteiger partial charge is 0.254 e. The maximum atomic E-state index is 12.0. The second kappa shape index (κ2) is 6.43. The highest BCUT2D eigenvalue weighted by atomic mass is 16.2. The Morgan fingerprint density at radius 1 is 1.00 bits per heavy atom. The summed E-state index contributed by atoms with van der Waals surface area (Å²) in [6, 6.07) is 14.7. The fourth-order valence-corrected chi connectivity index (χ4v) is 3.73. The van der Waals surface area contributed by atoms with Crippen molar-refractivity contribution in [2.45, 2.75) is 26.3 Å². The van der Waals surface area contributed by atoms with Gasteiger partial charge in [-0.1, -0.05) is 6.92 Å². The Balaban J connectivity index is 1.45. The van der Waals surface area contributed by atoms with Gasteiger partial charge in [-0.15, -0.1) is 0 Å². The minimum absolute atomic E-state index is 0.113.